The summed E-state index contributed by atoms with van der Waals surface area (Å²) < 4.78 is 11.2. The van der Waals surface area contributed by atoms with E-state index in [9.17, 15) is 0 Å². The Morgan fingerprint density at radius 1 is 1.10 bits per heavy atom. The summed E-state index contributed by atoms with van der Waals surface area (Å²) in [7, 11) is 1.66. The minimum absolute atomic E-state index is 0.420. The van der Waals surface area contributed by atoms with Crippen LogP contribution < -0.4 is 15.2 Å². The van der Waals surface area contributed by atoms with E-state index in [0.29, 0.717) is 23.9 Å². The Labute approximate surface area is 130 Å². The first kappa shape index (κ1) is 15.7. The van der Waals surface area contributed by atoms with Crippen molar-refractivity contribution in [3.8, 4) is 11.5 Å². The molecule has 0 spiro atoms. The maximum Gasteiger partial charge on any atom is 0.138 e. The highest BCUT2D eigenvalue weighted by Gasteiger charge is 2.07. The number of methoxy groups -OCH3 is 1. The molecule has 2 aromatic rings. The van der Waals surface area contributed by atoms with Crippen LogP contribution in [0, 0.1) is 0 Å². The third-order valence-corrected chi connectivity index (χ3v) is 3.55. The molecule has 0 amide bonds. The molecule has 0 bridgehead atoms. The number of ether oxygens (including phenoxy) is 2. The van der Waals surface area contributed by atoms with Gasteiger partial charge in [0.1, 0.15) is 18.1 Å². The lowest BCUT2D eigenvalue weighted by Gasteiger charge is -2.13. The Bertz CT molecular complexity index is 587. The van der Waals surface area contributed by atoms with Crippen molar-refractivity contribution in [3.05, 3.63) is 58.6 Å². The van der Waals surface area contributed by atoms with Gasteiger partial charge in [0.05, 0.1) is 12.1 Å². The summed E-state index contributed by atoms with van der Waals surface area (Å²) in [5.41, 5.74) is 7.80. The van der Waals surface area contributed by atoms with Crippen LogP contribution in [-0.2, 0) is 13.0 Å². The zero-order valence-electron chi connectivity index (χ0n) is 12.1. The zero-order valence-corrected chi connectivity index (χ0v) is 12.9. The smallest absolute Gasteiger partial charge is 0.138 e. The summed E-state index contributed by atoms with van der Waals surface area (Å²) in [4.78, 5) is 0. The molecule has 0 atom stereocenters. The average Bonchev–Trinajstić information content (AvgIpc) is 2.52. The number of para-hydroxylation sites is 1. The van der Waals surface area contributed by atoms with Crippen LogP contribution >= 0.6 is 11.6 Å². The molecule has 0 aromatic heterocycles. The van der Waals surface area contributed by atoms with Crippen LogP contribution in [0.1, 0.15) is 17.5 Å². The highest BCUT2D eigenvalue weighted by molar-refractivity contribution is 6.32. The van der Waals surface area contributed by atoms with Crippen molar-refractivity contribution in [2.24, 2.45) is 5.73 Å². The first-order valence-electron chi connectivity index (χ1n) is 6.97. The summed E-state index contributed by atoms with van der Waals surface area (Å²) in [5.74, 6) is 1.49. The van der Waals surface area contributed by atoms with Gasteiger partial charge in [-0.1, -0.05) is 29.8 Å². The molecule has 0 saturated heterocycles. The summed E-state index contributed by atoms with van der Waals surface area (Å²) in [5, 5.41) is 0.607. The van der Waals surface area contributed by atoms with Crippen LogP contribution in [0.15, 0.2) is 42.5 Å². The molecule has 2 aromatic carbocycles. The molecule has 0 unspecified atom stereocenters. The predicted molar refractivity (Wildman–Crippen MR) is 86.2 cm³/mol. The van der Waals surface area contributed by atoms with E-state index in [0.717, 1.165) is 24.2 Å². The first-order valence-corrected chi connectivity index (χ1v) is 7.35. The first-order chi connectivity index (χ1) is 10.2. The van der Waals surface area contributed by atoms with E-state index in [2.05, 4.69) is 12.1 Å². The maximum atomic E-state index is 6.09. The third-order valence-electron chi connectivity index (χ3n) is 3.23. The summed E-state index contributed by atoms with van der Waals surface area (Å²) in [6.07, 6.45) is 1.93. The zero-order chi connectivity index (χ0) is 15.1. The second-order valence-electron chi connectivity index (χ2n) is 4.76. The second-order valence-corrected chi connectivity index (χ2v) is 5.16. The Kier molecular flexibility index (Phi) is 5.90. The molecule has 4 heteroatoms. The van der Waals surface area contributed by atoms with E-state index >= 15 is 0 Å². The summed E-state index contributed by atoms with van der Waals surface area (Å²) >= 11 is 6.09. The van der Waals surface area contributed by atoms with E-state index in [1.807, 2.05) is 30.3 Å². The fraction of sp³-hybridized carbons (Fsp3) is 0.294. The standard InChI is InChI=1S/C17H20ClNO2/c1-20-16-9-8-13(5-4-10-19)11-14(16)12-21-17-7-3-2-6-15(17)18/h2-3,6-9,11H,4-5,10,12,19H2,1H3. The Morgan fingerprint density at radius 3 is 2.62 bits per heavy atom. The van der Waals surface area contributed by atoms with Gasteiger partial charge < -0.3 is 15.2 Å². The number of aryl methyl sites for hydroxylation is 1. The lowest BCUT2D eigenvalue weighted by atomic mass is 10.1. The van der Waals surface area contributed by atoms with Gasteiger partial charge in [-0.15, -0.1) is 0 Å². The fourth-order valence-electron chi connectivity index (χ4n) is 2.12. The Balaban J connectivity index is 2.12. The Morgan fingerprint density at radius 2 is 1.90 bits per heavy atom. The number of halogens is 1. The quantitative estimate of drug-likeness (QED) is 0.846. The van der Waals surface area contributed by atoms with Crippen molar-refractivity contribution < 1.29 is 9.47 Å². The molecule has 112 valence electrons. The van der Waals surface area contributed by atoms with Gasteiger partial charge in [0.25, 0.3) is 0 Å². The molecule has 21 heavy (non-hydrogen) atoms. The van der Waals surface area contributed by atoms with Gasteiger partial charge in [-0.25, -0.2) is 0 Å². The second kappa shape index (κ2) is 7.91. The molecule has 0 fully saturated rings. The summed E-state index contributed by atoms with van der Waals surface area (Å²) in [6, 6.07) is 13.6. The van der Waals surface area contributed by atoms with Gasteiger partial charge in [-0.3, -0.25) is 0 Å². The molecular weight excluding hydrogens is 286 g/mol. The van der Waals surface area contributed by atoms with Crippen LogP contribution in [0.5, 0.6) is 11.5 Å². The molecule has 0 aliphatic heterocycles. The fourth-order valence-corrected chi connectivity index (χ4v) is 2.31. The molecule has 3 nitrogen and oxygen atoms in total. The van der Waals surface area contributed by atoms with E-state index in [4.69, 9.17) is 26.8 Å². The van der Waals surface area contributed by atoms with E-state index < -0.39 is 0 Å². The van der Waals surface area contributed by atoms with Crippen LogP contribution in [-0.4, -0.2) is 13.7 Å². The monoisotopic (exact) mass is 305 g/mol. The molecule has 0 saturated carbocycles. The minimum Gasteiger partial charge on any atom is -0.496 e. The van der Waals surface area contributed by atoms with Crippen LogP contribution in [0.25, 0.3) is 0 Å². The Hall–Kier alpha value is -1.71. The van der Waals surface area contributed by atoms with Crippen LogP contribution in [0.4, 0.5) is 0 Å². The van der Waals surface area contributed by atoms with Gasteiger partial charge in [-0.05, 0) is 49.2 Å². The largest absolute Gasteiger partial charge is 0.496 e. The number of hydrogen-bond donors (Lipinski definition) is 1. The highest BCUT2D eigenvalue weighted by atomic mass is 35.5. The van der Waals surface area contributed by atoms with Crippen molar-refractivity contribution in [3.63, 3.8) is 0 Å². The average molecular weight is 306 g/mol. The molecule has 0 radical (unpaired) electrons. The lowest BCUT2D eigenvalue weighted by Crippen LogP contribution is -2.03. The molecule has 2 rings (SSSR count). The topological polar surface area (TPSA) is 44.5 Å². The van der Waals surface area contributed by atoms with Crippen molar-refractivity contribution in [1.29, 1.82) is 0 Å². The predicted octanol–water partition coefficient (Wildman–Crippen LogP) is 3.82. The van der Waals surface area contributed by atoms with Crippen molar-refractivity contribution in [1.82, 2.24) is 0 Å². The van der Waals surface area contributed by atoms with Crippen molar-refractivity contribution in [2.75, 3.05) is 13.7 Å². The van der Waals surface area contributed by atoms with Crippen molar-refractivity contribution in [2.45, 2.75) is 19.4 Å². The minimum atomic E-state index is 0.420. The number of rotatable bonds is 7. The van der Waals surface area contributed by atoms with E-state index in [1.54, 1.807) is 7.11 Å². The molecule has 2 N–H and O–H groups in total. The van der Waals surface area contributed by atoms with Gasteiger partial charge in [0, 0.05) is 5.56 Å². The molecule has 0 aliphatic rings. The highest BCUT2D eigenvalue weighted by Crippen LogP contribution is 2.27. The number of nitrogens with two attached hydrogens (primary N) is 1. The lowest BCUT2D eigenvalue weighted by molar-refractivity contribution is 0.296. The van der Waals surface area contributed by atoms with Gasteiger partial charge in [0.2, 0.25) is 0 Å². The number of benzene rings is 2. The van der Waals surface area contributed by atoms with Gasteiger partial charge >= 0.3 is 0 Å². The van der Waals surface area contributed by atoms with Crippen LogP contribution in [0.3, 0.4) is 0 Å². The normalized spacial score (nSPS) is 10.4. The maximum absolute atomic E-state index is 6.09. The number of hydrogen-bond acceptors (Lipinski definition) is 3. The van der Waals surface area contributed by atoms with E-state index in [-0.39, 0.29) is 0 Å². The van der Waals surface area contributed by atoms with Gasteiger partial charge in [-0.2, -0.15) is 0 Å². The van der Waals surface area contributed by atoms with E-state index in [1.165, 1.54) is 5.56 Å². The molecular formula is C17H20ClNO2. The molecule has 0 aliphatic carbocycles. The summed E-state index contributed by atoms with van der Waals surface area (Å²) in [6.45, 7) is 1.11. The van der Waals surface area contributed by atoms with Crippen LogP contribution in [0.2, 0.25) is 5.02 Å². The third kappa shape index (κ3) is 4.38. The SMILES string of the molecule is COc1ccc(CCCN)cc1COc1ccccc1Cl. The van der Waals surface area contributed by atoms with Crippen molar-refractivity contribution >= 4 is 11.6 Å². The molecule has 0 heterocycles. The van der Waals surface area contributed by atoms with Gasteiger partial charge in [0.15, 0.2) is 0 Å².